The van der Waals surface area contributed by atoms with Crippen molar-refractivity contribution < 1.29 is 4.92 Å². The molecule has 0 radical (unpaired) electrons. The molecular weight excluding hydrogens is 272 g/mol. The summed E-state index contributed by atoms with van der Waals surface area (Å²) < 4.78 is 0. The lowest BCUT2D eigenvalue weighted by Crippen LogP contribution is -2.14. The zero-order valence-electron chi connectivity index (χ0n) is 10.00. The Kier molecular flexibility index (Phi) is 3.91. The van der Waals surface area contributed by atoms with Crippen LogP contribution in [-0.4, -0.2) is 24.9 Å². The summed E-state index contributed by atoms with van der Waals surface area (Å²) in [6, 6.07) is -0.223. The van der Waals surface area contributed by atoms with Crippen LogP contribution < -0.4 is 5.32 Å². The number of anilines is 1. The van der Waals surface area contributed by atoms with Crippen LogP contribution in [0.3, 0.4) is 0 Å². The van der Waals surface area contributed by atoms with Crippen molar-refractivity contribution in [2.24, 2.45) is 0 Å². The second kappa shape index (κ2) is 5.61. The van der Waals surface area contributed by atoms with Gasteiger partial charge in [-0.05, 0) is 6.42 Å². The van der Waals surface area contributed by atoms with Crippen molar-refractivity contribution in [3.05, 3.63) is 39.8 Å². The van der Waals surface area contributed by atoms with Gasteiger partial charge in [0, 0.05) is 12.4 Å². The van der Waals surface area contributed by atoms with Gasteiger partial charge in [0.2, 0.25) is 11.0 Å². The molecule has 0 spiro atoms. The second-order valence-electron chi connectivity index (χ2n) is 3.70. The fourth-order valence-electron chi connectivity index (χ4n) is 1.62. The Morgan fingerprint density at radius 1 is 1.53 bits per heavy atom. The van der Waals surface area contributed by atoms with Gasteiger partial charge in [0.25, 0.3) is 0 Å². The van der Waals surface area contributed by atoms with Crippen LogP contribution in [0.4, 0.5) is 11.5 Å². The Hall–Kier alpha value is -2.22. The summed E-state index contributed by atoms with van der Waals surface area (Å²) in [5.74, 6) is 0.750. The first kappa shape index (κ1) is 13.2. The number of nitrogens with one attached hydrogen (secondary N) is 2. The standard InChI is InChI=1S/C10H11ClN6O2/c1-2-6(9-12-3-4-13-9)16-10-7(17(18)19)8(11)14-5-15-10/h3-6H,2H2,1H3,(H,12,13)(H,14,15,16). The molecule has 2 aromatic heterocycles. The molecule has 0 saturated carbocycles. The zero-order chi connectivity index (χ0) is 13.8. The molecule has 0 bridgehead atoms. The van der Waals surface area contributed by atoms with Gasteiger partial charge < -0.3 is 10.3 Å². The van der Waals surface area contributed by atoms with Crippen LogP contribution in [0.1, 0.15) is 25.2 Å². The largest absolute Gasteiger partial charge is 0.354 e. The molecule has 0 aliphatic heterocycles. The Morgan fingerprint density at radius 3 is 2.89 bits per heavy atom. The van der Waals surface area contributed by atoms with Crippen LogP contribution in [0.5, 0.6) is 0 Å². The van der Waals surface area contributed by atoms with Crippen molar-refractivity contribution in [1.29, 1.82) is 0 Å². The number of nitro groups is 1. The highest BCUT2D eigenvalue weighted by Gasteiger charge is 2.24. The highest BCUT2D eigenvalue weighted by atomic mass is 35.5. The number of aromatic amines is 1. The third kappa shape index (κ3) is 2.79. The molecule has 1 atom stereocenters. The fourth-order valence-corrected chi connectivity index (χ4v) is 1.82. The van der Waals surface area contributed by atoms with Gasteiger partial charge in [-0.2, -0.15) is 0 Å². The molecule has 0 saturated heterocycles. The van der Waals surface area contributed by atoms with Crippen LogP contribution in [0.2, 0.25) is 5.15 Å². The Bertz CT molecular complexity index is 573. The van der Waals surface area contributed by atoms with E-state index in [1.165, 1.54) is 6.33 Å². The maximum absolute atomic E-state index is 11.0. The predicted octanol–water partition coefficient (Wildman–Crippen LogP) is 2.32. The van der Waals surface area contributed by atoms with E-state index in [1.54, 1.807) is 12.4 Å². The summed E-state index contributed by atoms with van der Waals surface area (Å²) >= 11 is 5.72. The highest BCUT2D eigenvalue weighted by molar-refractivity contribution is 6.31. The van der Waals surface area contributed by atoms with Gasteiger partial charge in [0.05, 0.1) is 11.0 Å². The Labute approximate surface area is 113 Å². The van der Waals surface area contributed by atoms with E-state index in [0.29, 0.717) is 12.2 Å². The van der Waals surface area contributed by atoms with Gasteiger partial charge in [-0.1, -0.05) is 18.5 Å². The summed E-state index contributed by atoms with van der Waals surface area (Å²) in [5, 5.41) is 13.7. The van der Waals surface area contributed by atoms with Crippen molar-refractivity contribution in [3.63, 3.8) is 0 Å². The van der Waals surface area contributed by atoms with Crippen LogP contribution in [0.15, 0.2) is 18.7 Å². The van der Waals surface area contributed by atoms with Gasteiger partial charge in [0.1, 0.15) is 12.2 Å². The lowest BCUT2D eigenvalue weighted by atomic mass is 10.2. The SMILES string of the molecule is CCC(Nc1ncnc(Cl)c1[N+](=O)[O-])c1ncc[nH]1. The van der Waals surface area contributed by atoms with Gasteiger partial charge in [-0.25, -0.2) is 15.0 Å². The molecule has 0 fully saturated rings. The molecule has 1 unspecified atom stereocenters. The lowest BCUT2D eigenvalue weighted by Gasteiger charge is -2.15. The number of rotatable bonds is 5. The minimum atomic E-state index is -0.612. The smallest absolute Gasteiger partial charge is 0.348 e. The van der Waals surface area contributed by atoms with Gasteiger partial charge in [-0.3, -0.25) is 10.1 Å². The average Bonchev–Trinajstić information content (AvgIpc) is 2.89. The molecule has 19 heavy (non-hydrogen) atoms. The molecule has 0 amide bonds. The van der Waals surface area contributed by atoms with Crippen molar-refractivity contribution in [2.45, 2.75) is 19.4 Å². The van der Waals surface area contributed by atoms with E-state index in [9.17, 15) is 10.1 Å². The van der Waals surface area contributed by atoms with Crippen molar-refractivity contribution in [1.82, 2.24) is 19.9 Å². The minimum absolute atomic E-state index is 0.0771. The number of imidazole rings is 1. The van der Waals surface area contributed by atoms with Gasteiger partial charge in [-0.15, -0.1) is 0 Å². The van der Waals surface area contributed by atoms with Crippen LogP contribution >= 0.6 is 11.6 Å². The number of H-pyrrole nitrogens is 1. The Balaban J connectivity index is 2.32. The summed E-state index contributed by atoms with van der Waals surface area (Å²) in [6.07, 6.45) is 5.14. The topological polar surface area (TPSA) is 110 Å². The van der Waals surface area contributed by atoms with Crippen molar-refractivity contribution >= 4 is 23.1 Å². The molecule has 0 aliphatic rings. The van der Waals surface area contributed by atoms with E-state index < -0.39 is 4.92 Å². The third-order valence-electron chi connectivity index (χ3n) is 2.53. The second-order valence-corrected chi connectivity index (χ2v) is 4.06. The van der Waals surface area contributed by atoms with Crippen molar-refractivity contribution in [3.8, 4) is 0 Å². The zero-order valence-corrected chi connectivity index (χ0v) is 10.8. The molecule has 8 nitrogen and oxygen atoms in total. The number of hydrogen-bond acceptors (Lipinski definition) is 6. The molecule has 100 valence electrons. The molecule has 2 rings (SSSR count). The number of halogens is 1. The normalized spacial score (nSPS) is 12.1. The summed E-state index contributed by atoms with van der Waals surface area (Å²) in [6.45, 7) is 1.93. The van der Waals surface area contributed by atoms with E-state index in [-0.39, 0.29) is 22.7 Å². The molecule has 0 aromatic carbocycles. The average molecular weight is 283 g/mol. The van der Waals surface area contributed by atoms with Crippen LogP contribution in [0.25, 0.3) is 0 Å². The van der Waals surface area contributed by atoms with Crippen molar-refractivity contribution in [2.75, 3.05) is 5.32 Å². The quantitative estimate of drug-likeness (QED) is 0.495. The third-order valence-corrected chi connectivity index (χ3v) is 2.81. The molecule has 9 heteroatoms. The maximum Gasteiger partial charge on any atom is 0.348 e. The number of aromatic nitrogens is 4. The van der Waals surface area contributed by atoms with E-state index in [0.717, 1.165) is 0 Å². The Morgan fingerprint density at radius 2 is 2.32 bits per heavy atom. The van der Waals surface area contributed by atoms with Crippen LogP contribution in [0, 0.1) is 10.1 Å². The summed E-state index contributed by atoms with van der Waals surface area (Å²) in [4.78, 5) is 24.9. The van der Waals surface area contributed by atoms with Crippen LogP contribution in [-0.2, 0) is 0 Å². The summed E-state index contributed by atoms with van der Waals surface area (Å²) in [7, 11) is 0. The monoisotopic (exact) mass is 282 g/mol. The molecule has 2 heterocycles. The maximum atomic E-state index is 11.0. The molecular formula is C10H11ClN6O2. The van der Waals surface area contributed by atoms with E-state index in [4.69, 9.17) is 11.6 Å². The van der Waals surface area contributed by atoms with Gasteiger partial charge >= 0.3 is 5.69 Å². The molecule has 2 aromatic rings. The minimum Gasteiger partial charge on any atom is -0.354 e. The number of nitrogens with zero attached hydrogens (tertiary/aromatic N) is 4. The molecule has 0 aliphatic carbocycles. The van der Waals surface area contributed by atoms with Gasteiger partial charge in [0.15, 0.2) is 0 Å². The number of hydrogen-bond donors (Lipinski definition) is 2. The summed E-state index contributed by atoms with van der Waals surface area (Å²) in [5.41, 5.74) is -0.339. The lowest BCUT2D eigenvalue weighted by molar-refractivity contribution is -0.384. The van der Waals surface area contributed by atoms with E-state index in [2.05, 4.69) is 25.3 Å². The van der Waals surface area contributed by atoms with E-state index >= 15 is 0 Å². The predicted molar refractivity (Wildman–Crippen MR) is 68.9 cm³/mol. The van der Waals surface area contributed by atoms with E-state index in [1.807, 2.05) is 6.92 Å². The fraction of sp³-hybridized carbons (Fsp3) is 0.300. The first-order valence-corrected chi connectivity index (χ1v) is 5.92. The first-order chi connectivity index (χ1) is 9.13. The molecule has 2 N–H and O–H groups in total. The highest BCUT2D eigenvalue weighted by Crippen LogP contribution is 2.31. The first-order valence-electron chi connectivity index (χ1n) is 5.54.